The van der Waals surface area contributed by atoms with Gasteiger partial charge < -0.3 is 0 Å². The zero-order valence-electron chi connectivity index (χ0n) is 28.5. The molecule has 0 radical (unpaired) electrons. The van der Waals surface area contributed by atoms with E-state index in [9.17, 15) is 4.79 Å². The molecule has 0 saturated carbocycles. The summed E-state index contributed by atoms with van der Waals surface area (Å²) in [5, 5.41) is 8.78. The summed E-state index contributed by atoms with van der Waals surface area (Å²) in [6.07, 6.45) is 0. The molecule has 232 valence electrons. The fourth-order valence-electron chi connectivity index (χ4n) is 8.25. The second kappa shape index (κ2) is 11.3. The minimum Gasteiger partial charge on any atom is -0.289 e. The standard InChI is InChI=1S/C47H38O/c1-27-19-29(3)45(30(4)20-27)37-15-17-39(43-25-35-13-9-7-11-33(35)23-41(37)43)47(48)40-18-16-38(46-31(5)21-28(2)22-32(46)6)42-24-34-12-8-10-14-36(34)26-44(40)42/h7-26H,1-6H3. The van der Waals surface area contributed by atoms with E-state index in [0.717, 1.165) is 43.4 Å². The van der Waals surface area contributed by atoms with E-state index in [-0.39, 0.29) is 5.78 Å². The maximum Gasteiger partial charge on any atom is 0.194 e. The monoisotopic (exact) mass is 618 g/mol. The van der Waals surface area contributed by atoms with E-state index in [1.165, 1.54) is 66.4 Å². The van der Waals surface area contributed by atoms with Gasteiger partial charge in [0.05, 0.1) is 0 Å². The summed E-state index contributed by atoms with van der Waals surface area (Å²) in [5.74, 6) is 0.0448. The molecule has 0 aliphatic carbocycles. The second-order valence-corrected chi connectivity index (χ2v) is 13.7. The van der Waals surface area contributed by atoms with Crippen molar-refractivity contribution in [3.8, 4) is 22.3 Å². The molecule has 8 aromatic carbocycles. The van der Waals surface area contributed by atoms with E-state index in [0.29, 0.717) is 0 Å². The second-order valence-electron chi connectivity index (χ2n) is 13.7. The van der Waals surface area contributed by atoms with Crippen LogP contribution in [0.5, 0.6) is 0 Å². The third-order valence-electron chi connectivity index (χ3n) is 10.1. The lowest BCUT2D eigenvalue weighted by atomic mass is 9.84. The first-order valence-corrected chi connectivity index (χ1v) is 16.8. The maximum absolute atomic E-state index is 15.0. The van der Waals surface area contributed by atoms with Gasteiger partial charge in [0.15, 0.2) is 5.78 Å². The van der Waals surface area contributed by atoms with Crippen LogP contribution in [0.4, 0.5) is 0 Å². The fraction of sp³-hybridized carbons (Fsp3) is 0.128. The van der Waals surface area contributed by atoms with Crippen LogP contribution in [0, 0.1) is 41.5 Å². The number of ketones is 1. The van der Waals surface area contributed by atoms with Crippen molar-refractivity contribution in [3.63, 3.8) is 0 Å². The van der Waals surface area contributed by atoms with Crippen molar-refractivity contribution in [1.82, 2.24) is 0 Å². The zero-order valence-corrected chi connectivity index (χ0v) is 28.5. The molecule has 0 N–H and O–H groups in total. The molecule has 0 bridgehead atoms. The van der Waals surface area contributed by atoms with E-state index in [2.05, 4.69) is 163 Å². The molecular formula is C47H38O. The Labute approximate surface area is 282 Å². The van der Waals surface area contributed by atoms with E-state index >= 15 is 0 Å². The summed E-state index contributed by atoms with van der Waals surface area (Å²) in [5.41, 5.74) is 13.8. The molecule has 8 rings (SSSR count). The molecule has 0 atom stereocenters. The van der Waals surface area contributed by atoms with Crippen LogP contribution in [0.2, 0.25) is 0 Å². The highest BCUT2D eigenvalue weighted by molar-refractivity contribution is 6.25. The Bertz CT molecular complexity index is 2410. The highest BCUT2D eigenvalue weighted by Gasteiger charge is 2.22. The predicted octanol–water partition coefficient (Wildman–Crippen LogP) is 12.7. The van der Waals surface area contributed by atoms with Crippen LogP contribution in [0.15, 0.2) is 121 Å². The summed E-state index contributed by atoms with van der Waals surface area (Å²) in [7, 11) is 0. The van der Waals surface area contributed by atoms with E-state index in [4.69, 9.17) is 0 Å². The Balaban J connectivity index is 1.41. The van der Waals surface area contributed by atoms with Crippen molar-refractivity contribution >= 4 is 48.9 Å². The quantitative estimate of drug-likeness (QED) is 0.142. The summed E-state index contributed by atoms with van der Waals surface area (Å²) >= 11 is 0. The van der Waals surface area contributed by atoms with Gasteiger partial charge in [0.25, 0.3) is 0 Å². The lowest BCUT2D eigenvalue weighted by Crippen LogP contribution is -2.05. The number of carbonyl (C=O) groups excluding carboxylic acids is 1. The number of carbonyl (C=O) groups is 1. The predicted molar refractivity (Wildman–Crippen MR) is 206 cm³/mol. The Morgan fingerprint density at radius 3 is 1.02 bits per heavy atom. The van der Waals surface area contributed by atoms with Crippen LogP contribution < -0.4 is 0 Å². The number of benzene rings is 8. The molecule has 0 amide bonds. The minimum atomic E-state index is 0.0448. The van der Waals surface area contributed by atoms with Gasteiger partial charge >= 0.3 is 0 Å². The van der Waals surface area contributed by atoms with Gasteiger partial charge in [-0.25, -0.2) is 0 Å². The third-order valence-corrected chi connectivity index (χ3v) is 10.1. The number of hydrogen-bond donors (Lipinski definition) is 0. The van der Waals surface area contributed by atoms with Crippen LogP contribution >= 0.6 is 0 Å². The number of hydrogen-bond acceptors (Lipinski definition) is 1. The Hall–Kier alpha value is -5.53. The summed E-state index contributed by atoms with van der Waals surface area (Å²) in [6, 6.07) is 43.3. The van der Waals surface area contributed by atoms with E-state index in [1.54, 1.807) is 0 Å². The summed E-state index contributed by atoms with van der Waals surface area (Å²) in [6.45, 7) is 13.1. The van der Waals surface area contributed by atoms with Gasteiger partial charge in [-0.1, -0.05) is 96.1 Å². The first kappa shape index (κ1) is 29.8. The summed E-state index contributed by atoms with van der Waals surface area (Å²) in [4.78, 5) is 15.0. The average Bonchev–Trinajstić information content (AvgIpc) is 3.05. The SMILES string of the molecule is Cc1cc(C)c(-c2ccc(C(=O)c3ccc(-c4c(C)cc(C)cc4C)c4cc5ccccc5cc34)c3cc4ccccc4cc23)c(C)c1. The Kier molecular flexibility index (Phi) is 7.04. The average molecular weight is 619 g/mol. The van der Waals surface area contributed by atoms with Crippen LogP contribution in [0.1, 0.15) is 49.3 Å². The molecule has 0 spiro atoms. The molecule has 0 heterocycles. The first-order valence-electron chi connectivity index (χ1n) is 16.8. The van der Waals surface area contributed by atoms with Gasteiger partial charge in [0, 0.05) is 11.1 Å². The van der Waals surface area contributed by atoms with Gasteiger partial charge in [-0.05, 0) is 166 Å². The van der Waals surface area contributed by atoms with Crippen LogP contribution in [-0.4, -0.2) is 5.78 Å². The van der Waals surface area contributed by atoms with Crippen LogP contribution in [0.25, 0.3) is 65.3 Å². The van der Waals surface area contributed by atoms with Gasteiger partial charge in [0.1, 0.15) is 0 Å². The van der Waals surface area contributed by atoms with Crippen molar-refractivity contribution < 1.29 is 4.79 Å². The zero-order chi connectivity index (χ0) is 33.3. The lowest BCUT2D eigenvalue weighted by Gasteiger charge is -2.19. The molecule has 8 aromatic rings. The van der Waals surface area contributed by atoms with Gasteiger partial charge in [-0.15, -0.1) is 0 Å². The van der Waals surface area contributed by atoms with E-state index < -0.39 is 0 Å². The molecule has 0 fully saturated rings. The molecular weight excluding hydrogens is 581 g/mol. The molecule has 48 heavy (non-hydrogen) atoms. The van der Waals surface area contributed by atoms with Gasteiger partial charge in [-0.3, -0.25) is 4.79 Å². The molecule has 0 unspecified atom stereocenters. The normalized spacial score (nSPS) is 11.6. The first-order chi connectivity index (χ1) is 23.2. The van der Waals surface area contributed by atoms with E-state index in [1.807, 2.05) is 0 Å². The van der Waals surface area contributed by atoms with Crippen molar-refractivity contribution in [1.29, 1.82) is 0 Å². The van der Waals surface area contributed by atoms with Gasteiger partial charge in [0.2, 0.25) is 0 Å². The number of aryl methyl sites for hydroxylation is 6. The highest BCUT2D eigenvalue weighted by Crippen LogP contribution is 2.41. The molecule has 1 nitrogen and oxygen atoms in total. The number of fused-ring (bicyclic) bond motifs is 4. The molecule has 1 heteroatoms. The fourth-order valence-corrected chi connectivity index (χ4v) is 8.25. The van der Waals surface area contributed by atoms with Crippen LogP contribution in [-0.2, 0) is 0 Å². The molecule has 0 aliphatic rings. The largest absolute Gasteiger partial charge is 0.289 e. The Morgan fingerprint density at radius 2 is 0.688 bits per heavy atom. The molecule has 0 aliphatic heterocycles. The lowest BCUT2D eigenvalue weighted by molar-refractivity contribution is 0.104. The maximum atomic E-state index is 15.0. The van der Waals surface area contributed by atoms with Crippen molar-refractivity contribution in [3.05, 3.63) is 166 Å². The Morgan fingerprint density at radius 1 is 0.375 bits per heavy atom. The third kappa shape index (κ3) is 4.81. The van der Waals surface area contributed by atoms with Crippen LogP contribution in [0.3, 0.4) is 0 Å². The molecule has 0 saturated heterocycles. The highest BCUT2D eigenvalue weighted by atomic mass is 16.1. The minimum absolute atomic E-state index is 0.0448. The van der Waals surface area contributed by atoms with Crippen molar-refractivity contribution in [2.24, 2.45) is 0 Å². The molecule has 0 aromatic heterocycles. The van der Waals surface area contributed by atoms with Gasteiger partial charge in [-0.2, -0.15) is 0 Å². The summed E-state index contributed by atoms with van der Waals surface area (Å²) < 4.78 is 0. The number of rotatable bonds is 4. The van der Waals surface area contributed by atoms with Crippen molar-refractivity contribution in [2.75, 3.05) is 0 Å². The van der Waals surface area contributed by atoms with Crippen molar-refractivity contribution in [2.45, 2.75) is 41.5 Å². The topological polar surface area (TPSA) is 17.1 Å². The smallest absolute Gasteiger partial charge is 0.194 e.